The van der Waals surface area contributed by atoms with Gasteiger partial charge in [0.25, 0.3) is 0 Å². The smallest absolute Gasteiger partial charge is 0.191 e. The Balaban J connectivity index is 2.50. The second-order valence-electron chi connectivity index (χ2n) is 5.66. The van der Waals surface area contributed by atoms with Crippen molar-refractivity contribution < 1.29 is 0 Å². The molecule has 0 bridgehead atoms. The quantitative estimate of drug-likeness (QED) is 0.573. The Morgan fingerprint density at radius 3 is 2.18 bits per heavy atom. The van der Waals surface area contributed by atoms with Crippen LogP contribution in [0, 0.1) is 0 Å². The lowest BCUT2D eigenvalue weighted by atomic mass is 10.1. The third kappa shape index (κ3) is 6.48. The van der Waals surface area contributed by atoms with Crippen LogP contribution in [0.5, 0.6) is 0 Å². The van der Waals surface area contributed by atoms with E-state index in [0.29, 0.717) is 6.04 Å². The van der Waals surface area contributed by atoms with Crippen LogP contribution in [0.3, 0.4) is 0 Å². The van der Waals surface area contributed by atoms with Crippen molar-refractivity contribution in [3.05, 3.63) is 35.4 Å². The second kappa shape index (κ2) is 10.2. The Labute approximate surface area is 136 Å². The Hall–Kier alpha value is -1.55. The van der Waals surface area contributed by atoms with Crippen molar-refractivity contribution in [2.45, 2.75) is 53.2 Å². The Bertz CT molecular complexity index is 435. The lowest BCUT2D eigenvalue weighted by Gasteiger charge is -2.18. The molecule has 0 radical (unpaired) electrons. The normalized spacial score (nSPS) is 13.3. The average Bonchev–Trinajstić information content (AvgIpc) is 2.57. The van der Waals surface area contributed by atoms with E-state index in [9.17, 15) is 0 Å². The molecular weight excluding hydrogens is 272 g/mol. The maximum Gasteiger partial charge on any atom is 0.191 e. The van der Waals surface area contributed by atoms with Gasteiger partial charge in [-0.15, -0.1) is 0 Å². The van der Waals surface area contributed by atoms with E-state index in [2.05, 4.69) is 72.5 Å². The summed E-state index contributed by atoms with van der Waals surface area (Å²) in [6, 6.07) is 9.27. The Morgan fingerprint density at radius 1 is 1.09 bits per heavy atom. The first kappa shape index (κ1) is 18.5. The van der Waals surface area contributed by atoms with E-state index in [1.165, 1.54) is 11.1 Å². The van der Waals surface area contributed by atoms with E-state index in [-0.39, 0.29) is 0 Å². The van der Waals surface area contributed by atoms with Crippen molar-refractivity contribution in [1.29, 1.82) is 0 Å². The van der Waals surface area contributed by atoms with Crippen LogP contribution in [0.2, 0.25) is 0 Å². The molecule has 0 aliphatic heterocycles. The molecule has 0 amide bonds. The van der Waals surface area contributed by atoms with Crippen LogP contribution in [0.4, 0.5) is 0 Å². The van der Waals surface area contributed by atoms with Gasteiger partial charge in [-0.1, -0.05) is 45.0 Å². The first-order valence-electron chi connectivity index (χ1n) is 8.40. The SMILES string of the molecule is CCC(C)NC(=NC)NCc1ccc(CN(CC)CC)cc1. The summed E-state index contributed by atoms with van der Waals surface area (Å²) in [4.78, 5) is 6.68. The number of hydrogen-bond acceptors (Lipinski definition) is 2. The van der Waals surface area contributed by atoms with Gasteiger partial charge in [0.1, 0.15) is 0 Å². The van der Waals surface area contributed by atoms with E-state index < -0.39 is 0 Å². The Kier molecular flexibility index (Phi) is 8.60. The first-order valence-corrected chi connectivity index (χ1v) is 8.40. The van der Waals surface area contributed by atoms with Crippen molar-refractivity contribution in [2.24, 2.45) is 4.99 Å². The van der Waals surface area contributed by atoms with Gasteiger partial charge >= 0.3 is 0 Å². The summed E-state index contributed by atoms with van der Waals surface area (Å²) < 4.78 is 0. The molecule has 1 atom stereocenters. The summed E-state index contributed by atoms with van der Waals surface area (Å²) in [5, 5.41) is 6.73. The van der Waals surface area contributed by atoms with Gasteiger partial charge in [0.15, 0.2) is 5.96 Å². The molecule has 4 heteroatoms. The van der Waals surface area contributed by atoms with Gasteiger partial charge in [0, 0.05) is 26.2 Å². The number of rotatable bonds is 8. The van der Waals surface area contributed by atoms with Gasteiger partial charge in [-0.3, -0.25) is 9.89 Å². The predicted molar refractivity (Wildman–Crippen MR) is 96.2 cm³/mol. The molecule has 1 aromatic carbocycles. The number of benzene rings is 1. The molecule has 0 fully saturated rings. The number of hydrogen-bond donors (Lipinski definition) is 2. The standard InChI is InChI=1S/C18H32N4/c1-6-15(4)21-18(19-5)20-13-16-9-11-17(12-10-16)14-22(7-2)8-3/h9-12,15H,6-8,13-14H2,1-5H3,(H2,19,20,21). The van der Waals surface area contributed by atoms with Crippen LogP contribution in [-0.4, -0.2) is 37.0 Å². The number of nitrogens with one attached hydrogen (secondary N) is 2. The summed E-state index contributed by atoms with van der Waals surface area (Å²) in [6.07, 6.45) is 1.08. The highest BCUT2D eigenvalue weighted by Crippen LogP contribution is 2.07. The summed E-state index contributed by atoms with van der Waals surface area (Å²) >= 11 is 0. The molecule has 22 heavy (non-hydrogen) atoms. The molecular formula is C18H32N4. The minimum Gasteiger partial charge on any atom is -0.354 e. The molecule has 0 saturated carbocycles. The molecule has 4 nitrogen and oxygen atoms in total. The van der Waals surface area contributed by atoms with Crippen molar-refractivity contribution in [3.63, 3.8) is 0 Å². The highest BCUT2D eigenvalue weighted by Gasteiger charge is 2.04. The second-order valence-corrected chi connectivity index (χ2v) is 5.66. The molecule has 0 aromatic heterocycles. The molecule has 1 aromatic rings. The van der Waals surface area contributed by atoms with E-state index in [4.69, 9.17) is 0 Å². The highest BCUT2D eigenvalue weighted by molar-refractivity contribution is 5.79. The van der Waals surface area contributed by atoms with Gasteiger partial charge < -0.3 is 10.6 Å². The largest absolute Gasteiger partial charge is 0.354 e. The molecule has 0 aliphatic rings. The van der Waals surface area contributed by atoms with Crippen LogP contribution < -0.4 is 10.6 Å². The van der Waals surface area contributed by atoms with Crippen molar-refractivity contribution in [3.8, 4) is 0 Å². The maximum atomic E-state index is 4.26. The zero-order chi connectivity index (χ0) is 16.4. The molecule has 0 aliphatic carbocycles. The monoisotopic (exact) mass is 304 g/mol. The summed E-state index contributed by atoms with van der Waals surface area (Å²) in [7, 11) is 1.81. The zero-order valence-electron chi connectivity index (χ0n) is 14.8. The van der Waals surface area contributed by atoms with Crippen molar-refractivity contribution >= 4 is 5.96 Å². The highest BCUT2D eigenvalue weighted by atomic mass is 15.2. The van der Waals surface area contributed by atoms with Crippen molar-refractivity contribution in [2.75, 3.05) is 20.1 Å². The molecule has 2 N–H and O–H groups in total. The van der Waals surface area contributed by atoms with Gasteiger partial charge in [-0.25, -0.2) is 0 Å². The van der Waals surface area contributed by atoms with Crippen LogP contribution in [0.15, 0.2) is 29.3 Å². The third-order valence-corrected chi connectivity index (χ3v) is 4.00. The van der Waals surface area contributed by atoms with Crippen LogP contribution in [0.1, 0.15) is 45.2 Å². The number of aliphatic imine (C=N–C) groups is 1. The van der Waals surface area contributed by atoms with E-state index in [1.54, 1.807) is 0 Å². The van der Waals surface area contributed by atoms with E-state index in [1.807, 2.05) is 7.05 Å². The predicted octanol–water partition coefficient (Wildman–Crippen LogP) is 2.99. The molecule has 1 unspecified atom stereocenters. The fraction of sp³-hybridized carbons (Fsp3) is 0.611. The van der Waals surface area contributed by atoms with E-state index in [0.717, 1.165) is 38.6 Å². The van der Waals surface area contributed by atoms with Crippen LogP contribution in [0.25, 0.3) is 0 Å². The average molecular weight is 304 g/mol. The molecule has 0 saturated heterocycles. The lowest BCUT2D eigenvalue weighted by Crippen LogP contribution is -2.41. The van der Waals surface area contributed by atoms with E-state index >= 15 is 0 Å². The third-order valence-electron chi connectivity index (χ3n) is 4.00. The Morgan fingerprint density at radius 2 is 1.68 bits per heavy atom. The van der Waals surface area contributed by atoms with Crippen LogP contribution >= 0.6 is 0 Å². The van der Waals surface area contributed by atoms with Gasteiger partial charge in [-0.05, 0) is 37.6 Å². The fourth-order valence-corrected chi connectivity index (χ4v) is 2.18. The topological polar surface area (TPSA) is 39.7 Å². The minimum absolute atomic E-state index is 0.433. The molecule has 1 rings (SSSR count). The van der Waals surface area contributed by atoms with Gasteiger partial charge in [0.05, 0.1) is 0 Å². The molecule has 0 heterocycles. The van der Waals surface area contributed by atoms with Crippen molar-refractivity contribution in [1.82, 2.24) is 15.5 Å². The summed E-state index contributed by atoms with van der Waals surface area (Å²) in [5.74, 6) is 0.863. The van der Waals surface area contributed by atoms with Crippen LogP contribution in [-0.2, 0) is 13.1 Å². The summed E-state index contributed by atoms with van der Waals surface area (Å²) in [6.45, 7) is 12.7. The molecule has 124 valence electrons. The first-order chi connectivity index (χ1) is 10.6. The maximum absolute atomic E-state index is 4.26. The number of guanidine groups is 1. The minimum atomic E-state index is 0.433. The fourth-order valence-electron chi connectivity index (χ4n) is 2.18. The number of nitrogens with zero attached hydrogens (tertiary/aromatic N) is 2. The van der Waals surface area contributed by atoms with Gasteiger partial charge in [-0.2, -0.15) is 0 Å². The summed E-state index contributed by atoms with van der Waals surface area (Å²) in [5.41, 5.74) is 2.64. The molecule has 0 spiro atoms. The zero-order valence-corrected chi connectivity index (χ0v) is 14.8. The van der Waals surface area contributed by atoms with Gasteiger partial charge in [0.2, 0.25) is 0 Å². The lowest BCUT2D eigenvalue weighted by molar-refractivity contribution is 0.296.